The van der Waals surface area contributed by atoms with E-state index in [9.17, 15) is 9.50 Å². The summed E-state index contributed by atoms with van der Waals surface area (Å²) in [7, 11) is 0. The van der Waals surface area contributed by atoms with Gasteiger partial charge in [0.2, 0.25) is 0 Å². The van der Waals surface area contributed by atoms with Crippen LogP contribution in [0.4, 0.5) is 4.39 Å². The van der Waals surface area contributed by atoms with Crippen molar-refractivity contribution in [3.8, 4) is 0 Å². The highest BCUT2D eigenvalue weighted by molar-refractivity contribution is 4.77. The molecule has 0 spiro atoms. The van der Waals surface area contributed by atoms with E-state index in [1.165, 1.54) is 0 Å². The minimum absolute atomic E-state index is 0.531. The number of piperidine rings is 1. The number of rotatable bonds is 1. The van der Waals surface area contributed by atoms with Gasteiger partial charge in [-0.25, -0.2) is 4.39 Å². The third kappa shape index (κ3) is 1.63. The predicted octanol–water partition coefficient (Wildman–Crippen LogP) is -0.956. The second kappa shape index (κ2) is 2.62. The van der Waals surface area contributed by atoms with Crippen molar-refractivity contribution in [2.45, 2.75) is 18.4 Å². The van der Waals surface area contributed by atoms with E-state index in [1.54, 1.807) is 0 Å². The minimum Gasteiger partial charge on any atom is -0.381 e. The van der Waals surface area contributed by atoms with Crippen LogP contribution >= 0.6 is 0 Å². The summed E-state index contributed by atoms with van der Waals surface area (Å²) in [4.78, 5) is 0. The van der Waals surface area contributed by atoms with Gasteiger partial charge in [0.15, 0.2) is 0 Å². The van der Waals surface area contributed by atoms with E-state index < -0.39 is 12.3 Å². The standard InChI is InChI=1S/C6H12FNO/c7-4-6(9)2-1-3-8-5-6/h8-9H,1-5H2/p+1. The lowest BCUT2D eigenvalue weighted by Crippen LogP contribution is -2.90. The molecule has 0 radical (unpaired) electrons. The first-order valence-corrected chi connectivity index (χ1v) is 3.37. The Morgan fingerprint density at radius 1 is 1.67 bits per heavy atom. The van der Waals surface area contributed by atoms with E-state index in [-0.39, 0.29) is 0 Å². The first-order valence-electron chi connectivity index (χ1n) is 3.37. The molecule has 0 bridgehead atoms. The van der Waals surface area contributed by atoms with Gasteiger partial charge in [-0.3, -0.25) is 0 Å². The van der Waals surface area contributed by atoms with E-state index in [0.29, 0.717) is 13.0 Å². The average molecular weight is 134 g/mol. The molecule has 3 heteroatoms. The summed E-state index contributed by atoms with van der Waals surface area (Å²) < 4.78 is 12.0. The zero-order valence-electron chi connectivity index (χ0n) is 5.44. The first-order chi connectivity index (χ1) is 4.27. The molecule has 0 amide bonds. The summed E-state index contributed by atoms with van der Waals surface area (Å²) in [6, 6.07) is 0. The molecule has 1 unspecified atom stereocenters. The Morgan fingerprint density at radius 2 is 2.44 bits per heavy atom. The van der Waals surface area contributed by atoms with Crippen LogP contribution < -0.4 is 5.32 Å². The fraction of sp³-hybridized carbons (Fsp3) is 1.00. The maximum Gasteiger partial charge on any atom is 0.141 e. The van der Waals surface area contributed by atoms with Crippen LogP contribution in [0.1, 0.15) is 12.8 Å². The number of aliphatic hydroxyl groups is 1. The molecule has 0 aromatic rings. The smallest absolute Gasteiger partial charge is 0.141 e. The molecule has 0 aliphatic carbocycles. The van der Waals surface area contributed by atoms with Gasteiger partial charge in [0.25, 0.3) is 0 Å². The number of nitrogens with two attached hydrogens (primary N) is 1. The molecule has 1 heterocycles. The summed E-state index contributed by atoms with van der Waals surface area (Å²) in [6.07, 6.45) is 1.56. The molecule has 1 aliphatic heterocycles. The van der Waals surface area contributed by atoms with E-state index in [0.717, 1.165) is 13.0 Å². The third-order valence-electron chi connectivity index (χ3n) is 1.82. The molecule has 2 nitrogen and oxygen atoms in total. The van der Waals surface area contributed by atoms with Gasteiger partial charge in [-0.2, -0.15) is 0 Å². The molecule has 1 atom stereocenters. The molecule has 0 aromatic carbocycles. The Hall–Kier alpha value is -0.150. The van der Waals surface area contributed by atoms with Crippen LogP contribution in [0.5, 0.6) is 0 Å². The summed E-state index contributed by atoms with van der Waals surface area (Å²) >= 11 is 0. The monoisotopic (exact) mass is 134 g/mol. The van der Waals surface area contributed by atoms with E-state index in [4.69, 9.17) is 0 Å². The lowest BCUT2D eigenvalue weighted by molar-refractivity contribution is -0.677. The van der Waals surface area contributed by atoms with E-state index in [2.05, 4.69) is 0 Å². The Kier molecular flexibility index (Phi) is 2.03. The van der Waals surface area contributed by atoms with Gasteiger partial charge >= 0.3 is 0 Å². The zero-order chi connectivity index (χ0) is 6.74. The Balaban J connectivity index is 2.37. The molecule has 1 saturated heterocycles. The summed E-state index contributed by atoms with van der Waals surface area (Å²) in [5.41, 5.74) is -1.00. The van der Waals surface area contributed by atoms with Crippen molar-refractivity contribution < 1.29 is 14.8 Å². The van der Waals surface area contributed by atoms with Crippen LogP contribution in [-0.2, 0) is 0 Å². The van der Waals surface area contributed by atoms with Gasteiger partial charge in [0.05, 0.1) is 6.54 Å². The van der Waals surface area contributed by atoms with Gasteiger partial charge in [0, 0.05) is 0 Å². The van der Waals surface area contributed by atoms with Crippen LogP contribution in [0.2, 0.25) is 0 Å². The van der Waals surface area contributed by atoms with Crippen LogP contribution in [0.25, 0.3) is 0 Å². The summed E-state index contributed by atoms with van der Waals surface area (Å²) in [5, 5.41) is 11.2. The highest BCUT2D eigenvalue weighted by atomic mass is 19.1. The van der Waals surface area contributed by atoms with Crippen LogP contribution in [-0.4, -0.2) is 30.5 Å². The van der Waals surface area contributed by atoms with E-state index >= 15 is 0 Å². The maximum atomic E-state index is 12.0. The molecule has 1 rings (SSSR count). The van der Waals surface area contributed by atoms with Crippen molar-refractivity contribution >= 4 is 0 Å². The average Bonchev–Trinajstić information content (AvgIpc) is 1.90. The maximum absolute atomic E-state index is 12.0. The van der Waals surface area contributed by atoms with Gasteiger partial charge in [-0.15, -0.1) is 0 Å². The van der Waals surface area contributed by atoms with Gasteiger partial charge in [0.1, 0.15) is 18.8 Å². The minimum atomic E-state index is -1.00. The topological polar surface area (TPSA) is 36.8 Å². The normalized spacial score (nSPS) is 36.7. The highest BCUT2D eigenvalue weighted by Crippen LogP contribution is 2.12. The van der Waals surface area contributed by atoms with Crippen LogP contribution in [0.15, 0.2) is 0 Å². The van der Waals surface area contributed by atoms with Crippen molar-refractivity contribution in [3.63, 3.8) is 0 Å². The Morgan fingerprint density at radius 3 is 2.78 bits per heavy atom. The number of hydrogen-bond donors (Lipinski definition) is 2. The number of quaternary nitrogens is 1. The molecule has 54 valence electrons. The summed E-state index contributed by atoms with van der Waals surface area (Å²) in [6.45, 7) is 0.968. The van der Waals surface area contributed by atoms with Gasteiger partial charge in [-0.1, -0.05) is 0 Å². The highest BCUT2D eigenvalue weighted by Gasteiger charge is 2.31. The van der Waals surface area contributed by atoms with Gasteiger partial charge < -0.3 is 10.4 Å². The number of halogens is 1. The molecule has 1 aliphatic rings. The predicted molar refractivity (Wildman–Crippen MR) is 31.8 cm³/mol. The third-order valence-corrected chi connectivity index (χ3v) is 1.82. The van der Waals surface area contributed by atoms with Gasteiger partial charge in [-0.05, 0) is 12.8 Å². The molecule has 0 saturated carbocycles. The fourth-order valence-electron chi connectivity index (χ4n) is 1.17. The molecular weight excluding hydrogens is 121 g/mol. The van der Waals surface area contributed by atoms with Crippen molar-refractivity contribution in [3.05, 3.63) is 0 Å². The zero-order valence-corrected chi connectivity index (χ0v) is 5.44. The molecule has 3 N–H and O–H groups in total. The quantitative estimate of drug-likeness (QED) is 0.476. The van der Waals surface area contributed by atoms with Crippen molar-refractivity contribution in [2.75, 3.05) is 19.8 Å². The van der Waals surface area contributed by atoms with Crippen LogP contribution in [0, 0.1) is 0 Å². The lowest BCUT2D eigenvalue weighted by atomic mass is 9.96. The van der Waals surface area contributed by atoms with Crippen molar-refractivity contribution in [2.24, 2.45) is 0 Å². The second-order valence-electron chi connectivity index (χ2n) is 2.74. The SMILES string of the molecule is OC1(CF)CCC[NH2+]C1. The second-order valence-corrected chi connectivity index (χ2v) is 2.74. The number of alkyl halides is 1. The van der Waals surface area contributed by atoms with Crippen molar-refractivity contribution in [1.29, 1.82) is 0 Å². The lowest BCUT2D eigenvalue weighted by Gasteiger charge is -2.26. The van der Waals surface area contributed by atoms with Crippen molar-refractivity contribution in [1.82, 2.24) is 0 Å². The molecule has 0 aromatic heterocycles. The Bertz CT molecular complexity index is 91.1. The van der Waals surface area contributed by atoms with Crippen LogP contribution in [0.3, 0.4) is 0 Å². The number of hydrogen-bond acceptors (Lipinski definition) is 1. The first kappa shape index (κ1) is 6.96. The van der Waals surface area contributed by atoms with E-state index in [1.807, 2.05) is 5.32 Å². The molecule has 1 fully saturated rings. The molecular formula is C6H13FNO+. The largest absolute Gasteiger partial charge is 0.381 e. The fourth-order valence-corrected chi connectivity index (χ4v) is 1.17. The summed E-state index contributed by atoms with van der Waals surface area (Å²) in [5.74, 6) is 0. The molecule has 9 heavy (non-hydrogen) atoms. The Labute approximate surface area is 54.1 Å².